The quantitative estimate of drug-likeness (QED) is 0.748. The number of nitrogens with one attached hydrogen (secondary N) is 1. The summed E-state index contributed by atoms with van der Waals surface area (Å²) in [5, 5.41) is 7.54. The maximum Gasteiger partial charge on any atom is 0.147 e. The standard InChI is InChI=1S/C10H18N4O/c1-10(7-15-5-8(10)11)6-12-9-3-4-14(2)13-9/h3-4,8H,5-7,11H2,1-2H3,(H,12,13). The zero-order valence-electron chi connectivity index (χ0n) is 9.23. The third-order valence-corrected chi connectivity index (χ3v) is 3.01. The Bertz CT molecular complexity index is 338. The smallest absolute Gasteiger partial charge is 0.147 e. The van der Waals surface area contributed by atoms with Gasteiger partial charge >= 0.3 is 0 Å². The fraction of sp³-hybridized carbons (Fsp3) is 0.700. The van der Waals surface area contributed by atoms with E-state index in [0.29, 0.717) is 13.2 Å². The summed E-state index contributed by atoms with van der Waals surface area (Å²) in [5.41, 5.74) is 6.00. The summed E-state index contributed by atoms with van der Waals surface area (Å²) >= 11 is 0. The number of anilines is 1. The molecule has 2 atom stereocenters. The Morgan fingerprint density at radius 2 is 2.60 bits per heavy atom. The second-order valence-electron chi connectivity index (χ2n) is 4.50. The Hall–Kier alpha value is -1.07. The minimum atomic E-state index is 0.0114. The van der Waals surface area contributed by atoms with E-state index in [2.05, 4.69) is 17.3 Å². The highest BCUT2D eigenvalue weighted by atomic mass is 16.5. The number of ether oxygens (including phenoxy) is 1. The van der Waals surface area contributed by atoms with Crippen molar-refractivity contribution in [3.63, 3.8) is 0 Å². The summed E-state index contributed by atoms with van der Waals surface area (Å²) in [4.78, 5) is 0. The fourth-order valence-electron chi connectivity index (χ4n) is 1.71. The van der Waals surface area contributed by atoms with Crippen molar-refractivity contribution in [2.45, 2.75) is 13.0 Å². The van der Waals surface area contributed by atoms with Gasteiger partial charge in [0.25, 0.3) is 0 Å². The Kier molecular flexibility index (Phi) is 2.67. The van der Waals surface area contributed by atoms with Crippen LogP contribution in [0, 0.1) is 5.41 Å². The predicted octanol–water partition coefficient (Wildman–Crippen LogP) is 0.196. The predicted molar refractivity (Wildman–Crippen MR) is 58.6 cm³/mol. The average Bonchev–Trinajstić information content (AvgIpc) is 2.73. The molecule has 0 saturated carbocycles. The van der Waals surface area contributed by atoms with Crippen molar-refractivity contribution in [2.75, 3.05) is 25.1 Å². The molecule has 0 bridgehead atoms. The molecule has 2 rings (SSSR count). The van der Waals surface area contributed by atoms with E-state index in [0.717, 1.165) is 12.4 Å². The van der Waals surface area contributed by atoms with Crippen molar-refractivity contribution in [1.29, 1.82) is 0 Å². The highest BCUT2D eigenvalue weighted by Gasteiger charge is 2.37. The Morgan fingerprint density at radius 1 is 1.80 bits per heavy atom. The van der Waals surface area contributed by atoms with Crippen LogP contribution in [0.3, 0.4) is 0 Å². The summed E-state index contributed by atoms with van der Waals surface area (Å²) < 4.78 is 7.15. The zero-order chi connectivity index (χ0) is 10.9. The molecule has 1 aromatic rings. The number of aryl methyl sites for hydroxylation is 1. The molecular weight excluding hydrogens is 192 g/mol. The average molecular weight is 210 g/mol. The summed E-state index contributed by atoms with van der Waals surface area (Å²) in [5.74, 6) is 0.887. The molecule has 1 aliphatic rings. The van der Waals surface area contributed by atoms with Gasteiger partial charge in [-0.3, -0.25) is 4.68 Å². The lowest BCUT2D eigenvalue weighted by molar-refractivity contribution is 0.164. The third-order valence-electron chi connectivity index (χ3n) is 3.01. The summed E-state index contributed by atoms with van der Waals surface area (Å²) in [7, 11) is 1.90. The minimum absolute atomic E-state index is 0.0114. The molecule has 2 unspecified atom stereocenters. The first kappa shape index (κ1) is 10.4. The maximum absolute atomic E-state index is 5.99. The van der Waals surface area contributed by atoms with Crippen molar-refractivity contribution in [3.05, 3.63) is 12.3 Å². The van der Waals surface area contributed by atoms with Crippen LogP contribution in [-0.4, -0.2) is 35.6 Å². The van der Waals surface area contributed by atoms with Gasteiger partial charge in [-0.2, -0.15) is 5.10 Å². The molecular formula is C10H18N4O. The third kappa shape index (κ3) is 2.13. The molecule has 1 aromatic heterocycles. The molecule has 1 fully saturated rings. The number of hydrogen-bond acceptors (Lipinski definition) is 4. The van der Waals surface area contributed by atoms with Crippen LogP contribution >= 0.6 is 0 Å². The van der Waals surface area contributed by atoms with Crippen molar-refractivity contribution >= 4 is 5.82 Å². The first-order valence-corrected chi connectivity index (χ1v) is 5.17. The van der Waals surface area contributed by atoms with Crippen molar-refractivity contribution < 1.29 is 4.74 Å². The molecule has 1 aliphatic heterocycles. The molecule has 84 valence electrons. The molecule has 0 aliphatic carbocycles. The fourth-order valence-corrected chi connectivity index (χ4v) is 1.71. The van der Waals surface area contributed by atoms with Crippen LogP contribution in [0.2, 0.25) is 0 Å². The van der Waals surface area contributed by atoms with E-state index in [1.165, 1.54) is 0 Å². The molecule has 2 heterocycles. The molecule has 15 heavy (non-hydrogen) atoms. The van der Waals surface area contributed by atoms with E-state index in [4.69, 9.17) is 10.5 Å². The van der Waals surface area contributed by atoms with Gasteiger partial charge in [0.15, 0.2) is 0 Å². The van der Waals surface area contributed by atoms with Gasteiger partial charge in [-0.1, -0.05) is 6.92 Å². The second kappa shape index (κ2) is 3.83. The summed E-state index contributed by atoms with van der Waals surface area (Å²) in [6, 6.07) is 2.05. The molecule has 0 spiro atoms. The Labute approximate surface area is 89.6 Å². The van der Waals surface area contributed by atoms with Gasteiger partial charge in [0.1, 0.15) is 5.82 Å². The van der Waals surface area contributed by atoms with Crippen LogP contribution < -0.4 is 11.1 Å². The number of nitrogens with zero attached hydrogens (tertiary/aromatic N) is 2. The lowest BCUT2D eigenvalue weighted by Crippen LogP contribution is -2.43. The van der Waals surface area contributed by atoms with E-state index in [1.807, 2.05) is 19.3 Å². The number of hydrogen-bond donors (Lipinski definition) is 2. The molecule has 1 saturated heterocycles. The van der Waals surface area contributed by atoms with Gasteiger partial charge in [0.05, 0.1) is 13.2 Å². The van der Waals surface area contributed by atoms with Crippen LogP contribution in [0.4, 0.5) is 5.82 Å². The van der Waals surface area contributed by atoms with Gasteiger partial charge in [0.2, 0.25) is 0 Å². The highest BCUT2D eigenvalue weighted by Crippen LogP contribution is 2.26. The van der Waals surface area contributed by atoms with Crippen molar-refractivity contribution in [2.24, 2.45) is 18.2 Å². The van der Waals surface area contributed by atoms with Crippen LogP contribution in [0.25, 0.3) is 0 Å². The van der Waals surface area contributed by atoms with Crippen molar-refractivity contribution in [3.8, 4) is 0 Å². The SMILES string of the molecule is Cn1ccc(NCC2(C)COCC2N)n1. The van der Waals surface area contributed by atoms with Crippen LogP contribution in [0.15, 0.2) is 12.3 Å². The second-order valence-corrected chi connectivity index (χ2v) is 4.50. The Balaban J connectivity index is 1.92. The maximum atomic E-state index is 5.99. The van der Waals surface area contributed by atoms with Gasteiger partial charge in [-0.15, -0.1) is 0 Å². The van der Waals surface area contributed by atoms with Crippen LogP contribution in [0.1, 0.15) is 6.92 Å². The van der Waals surface area contributed by atoms with Crippen LogP contribution in [0.5, 0.6) is 0 Å². The lowest BCUT2D eigenvalue weighted by atomic mass is 9.86. The van der Waals surface area contributed by atoms with E-state index in [1.54, 1.807) is 4.68 Å². The van der Waals surface area contributed by atoms with E-state index >= 15 is 0 Å². The topological polar surface area (TPSA) is 65.1 Å². The summed E-state index contributed by atoms with van der Waals surface area (Å²) in [6.07, 6.45) is 1.91. The molecule has 0 amide bonds. The van der Waals surface area contributed by atoms with E-state index in [9.17, 15) is 0 Å². The van der Waals surface area contributed by atoms with Gasteiger partial charge < -0.3 is 15.8 Å². The number of rotatable bonds is 3. The monoisotopic (exact) mass is 210 g/mol. The normalized spacial score (nSPS) is 30.7. The molecule has 3 N–H and O–H groups in total. The first-order chi connectivity index (χ1) is 7.10. The van der Waals surface area contributed by atoms with Gasteiger partial charge in [0, 0.05) is 37.3 Å². The van der Waals surface area contributed by atoms with Crippen LogP contribution in [-0.2, 0) is 11.8 Å². The minimum Gasteiger partial charge on any atom is -0.379 e. The summed E-state index contributed by atoms with van der Waals surface area (Å²) in [6.45, 7) is 4.31. The molecule has 5 heteroatoms. The Morgan fingerprint density at radius 3 is 3.13 bits per heavy atom. The van der Waals surface area contributed by atoms with Gasteiger partial charge in [-0.05, 0) is 0 Å². The lowest BCUT2D eigenvalue weighted by Gasteiger charge is -2.26. The molecule has 5 nitrogen and oxygen atoms in total. The zero-order valence-corrected chi connectivity index (χ0v) is 9.23. The number of nitrogens with two attached hydrogens (primary N) is 1. The van der Waals surface area contributed by atoms with E-state index < -0.39 is 0 Å². The largest absolute Gasteiger partial charge is 0.379 e. The number of aromatic nitrogens is 2. The van der Waals surface area contributed by atoms with Crippen molar-refractivity contribution in [1.82, 2.24) is 9.78 Å². The first-order valence-electron chi connectivity index (χ1n) is 5.17. The van der Waals surface area contributed by atoms with E-state index in [-0.39, 0.29) is 11.5 Å². The highest BCUT2D eigenvalue weighted by molar-refractivity contribution is 5.32. The molecule has 0 aromatic carbocycles. The molecule has 0 radical (unpaired) electrons. The van der Waals surface area contributed by atoms with Gasteiger partial charge in [-0.25, -0.2) is 0 Å².